The monoisotopic (exact) mass is 355 g/mol. The van der Waals surface area contributed by atoms with Crippen molar-refractivity contribution in [1.29, 1.82) is 0 Å². The third-order valence-electron chi connectivity index (χ3n) is 5.20. The van der Waals surface area contributed by atoms with E-state index in [0.717, 1.165) is 22.4 Å². The molecule has 0 bridgehead atoms. The van der Waals surface area contributed by atoms with Crippen LogP contribution in [0, 0.1) is 13.8 Å². The van der Waals surface area contributed by atoms with E-state index in [1.54, 1.807) is 0 Å². The van der Waals surface area contributed by atoms with Gasteiger partial charge < -0.3 is 19.8 Å². The highest BCUT2D eigenvalue weighted by molar-refractivity contribution is 5.66. The quantitative estimate of drug-likeness (QED) is 0.882. The number of aliphatic hydroxyl groups excluding tert-OH is 1. The number of likely N-dealkylation sites (tertiary alicyclic amines) is 1. The molecule has 1 saturated heterocycles. The summed E-state index contributed by atoms with van der Waals surface area (Å²) < 4.78 is 6.11. The number of hydrogen-bond donors (Lipinski definition) is 2. The van der Waals surface area contributed by atoms with Crippen molar-refractivity contribution in [2.75, 3.05) is 6.54 Å². The molecule has 2 N–H and O–H groups in total. The molecule has 1 amide bonds. The summed E-state index contributed by atoms with van der Waals surface area (Å²) in [7, 11) is 0. The van der Waals surface area contributed by atoms with Crippen molar-refractivity contribution in [2.45, 2.75) is 44.9 Å². The number of benzene rings is 2. The van der Waals surface area contributed by atoms with Gasteiger partial charge in [-0.2, -0.15) is 0 Å². The van der Waals surface area contributed by atoms with Gasteiger partial charge in [-0.25, -0.2) is 4.79 Å². The molecule has 0 aromatic heterocycles. The Kier molecular flexibility index (Phi) is 5.47. The van der Waals surface area contributed by atoms with Crippen molar-refractivity contribution < 1.29 is 19.7 Å². The van der Waals surface area contributed by atoms with Gasteiger partial charge in [-0.05, 0) is 43.0 Å². The predicted octanol–water partition coefficient (Wildman–Crippen LogP) is 3.41. The molecule has 138 valence electrons. The molecule has 2 aromatic carbocycles. The molecule has 3 rings (SSSR count). The minimum absolute atomic E-state index is 0.347. The average Bonchev–Trinajstić information content (AvgIpc) is 2.63. The number of amides is 1. The largest absolute Gasteiger partial charge is 0.487 e. The third kappa shape index (κ3) is 3.83. The van der Waals surface area contributed by atoms with E-state index >= 15 is 0 Å². The summed E-state index contributed by atoms with van der Waals surface area (Å²) in [6.45, 7) is 4.36. The lowest BCUT2D eigenvalue weighted by atomic mass is 9.91. The second-order valence-electron chi connectivity index (χ2n) is 6.87. The van der Waals surface area contributed by atoms with Crippen LogP contribution in [0.15, 0.2) is 48.5 Å². The van der Waals surface area contributed by atoms with Crippen LogP contribution in [-0.4, -0.2) is 46.0 Å². The van der Waals surface area contributed by atoms with E-state index < -0.39 is 24.3 Å². The molecule has 26 heavy (non-hydrogen) atoms. The fourth-order valence-electron chi connectivity index (χ4n) is 3.50. The average molecular weight is 355 g/mol. The first-order valence-corrected chi connectivity index (χ1v) is 8.92. The van der Waals surface area contributed by atoms with E-state index in [2.05, 4.69) is 0 Å². The zero-order chi connectivity index (χ0) is 18.7. The number of aryl methyl sites for hydroxylation is 1. The van der Waals surface area contributed by atoms with Gasteiger partial charge in [0.1, 0.15) is 18.0 Å². The third-order valence-corrected chi connectivity index (χ3v) is 5.20. The summed E-state index contributed by atoms with van der Waals surface area (Å²) in [6, 6.07) is 15.0. The number of carbonyl (C=O) groups is 1. The van der Waals surface area contributed by atoms with Gasteiger partial charge in [0, 0.05) is 13.0 Å². The first-order valence-electron chi connectivity index (χ1n) is 8.92. The molecule has 5 nitrogen and oxygen atoms in total. The highest BCUT2D eigenvalue weighted by Crippen LogP contribution is 2.28. The van der Waals surface area contributed by atoms with Crippen molar-refractivity contribution in [2.24, 2.45) is 0 Å². The fourth-order valence-corrected chi connectivity index (χ4v) is 3.50. The van der Waals surface area contributed by atoms with Crippen molar-refractivity contribution >= 4 is 6.09 Å². The molecular formula is C21H25NO4. The minimum atomic E-state index is -1.00. The molecular weight excluding hydrogens is 330 g/mol. The van der Waals surface area contributed by atoms with E-state index in [4.69, 9.17) is 4.74 Å². The topological polar surface area (TPSA) is 70.0 Å². The molecule has 5 heteroatoms. The number of ether oxygens (including phenoxy) is 1. The van der Waals surface area contributed by atoms with Gasteiger partial charge in [0.15, 0.2) is 0 Å². The minimum Gasteiger partial charge on any atom is -0.487 e. The number of hydrogen-bond acceptors (Lipinski definition) is 3. The lowest BCUT2D eigenvalue weighted by Gasteiger charge is -2.41. The molecule has 1 aliphatic rings. The summed E-state index contributed by atoms with van der Waals surface area (Å²) in [5.74, 6) is 0.747. The lowest BCUT2D eigenvalue weighted by molar-refractivity contribution is -0.0568. The Labute approximate surface area is 153 Å². The Balaban J connectivity index is 1.81. The molecule has 3 unspecified atom stereocenters. The summed E-state index contributed by atoms with van der Waals surface area (Å²) in [4.78, 5) is 13.0. The van der Waals surface area contributed by atoms with Crippen LogP contribution in [-0.2, 0) is 6.42 Å². The van der Waals surface area contributed by atoms with E-state index in [1.165, 1.54) is 4.90 Å². The second-order valence-corrected chi connectivity index (χ2v) is 6.87. The highest BCUT2D eigenvalue weighted by atomic mass is 16.5. The van der Waals surface area contributed by atoms with Crippen LogP contribution < -0.4 is 4.74 Å². The van der Waals surface area contributed by atoms with Crippen LogP contribution in [0.25, 0.3) is 0 Å². The Morgan fingerprint density at radius 2 is 1.88 bits per heavy atom. The van der Waals surface area contributed by atoms with Crippen LogP contribution >= 0.6 is 0 Å². The zero-order valence-electron chi connectivity index (χ0n) is 15.1. The van der Waals surface area contributed by atoms with Crippen LogP contribution in [0.3, 0.4) is 0 Å². The number of piperidine rings is 1. The normalized spacial score (nSPS) is 22.9. The number of carboxylic acid groups (broad SMARTS) is 1. The Morgan fingerprint density at radius 1 is 1.15 bits per heavy atom. The number of aliphatic hydroxyl groups is 1. The highest BCUT2D eigenvalue weighted by Gasteiger charge is 2.40. The Morgan fingerprint density at radius 3 is 2.58 bits per heavy atom. The van der Waals surface area contributed by atoms with E-state index in [0.29, 0.717) is 19.4 Å². The van der Waals surface area contributed by atoms with Crippen molar-refractivity contribution in [3.05, 3.63) is 65.2 Å². The maximum absolute atomic E-state index is 11.6. The lowest BCUT2D eigenvalue weighted by Crippen LogP contribution is -2.58. The Hall–Kier alpha value is -2.53. The van der Waals surface area contributed by atoms with Gasteiger partial charge in [-0.15, -0.1) is 0 Å². The molecule has 2 aromatic rings. The summed E-state index contributed by atoms with van der Waals surface area (Å²) in [5, 5.41) is 20.4. The SMILES string of the molecule is Cc1cccc(OC2CCN(C(=O)O)C(Cc3ccccc3)C2O)c1C. The van der Waals surface area contributed by atoms with Crippen LogP contribution in [0.5, 0.6) is 5.75 Å². The van der Waals surface area contributed by atoms with Crippen molar-refractivity contribution in [3.8, 4) is 5.75 Å². The first kappa shape index (κ1) is 18.3. The van der Waals surface area contributed by atoms with Gasteiger partial charge in [-0.3, -0.25) is 0 Å². The zero-order valence-corrected chi connectivity index (χ0v) is 15.1. The summed E-state index contributed by atoms with van der Waals surface area (Å²) >= 11 is 0. The smallest absolute Gasteiger partial charge is 0.407 e. The van der Waals surface area contributed by atoms with Crippen molar-refractivity contribution in [1.82, 2.24) is 4.90 Å². The fraction of sp³-hybridized carbons (Fsp3) is 0.381. The molecule has 0 saturated carbocycles. The van der Waals surface area contributed by atoms with E-state index in [1.807, 2.05) is 62.4 Å². The van der Waals surface area contributed by atoms with Gasteiger partial charge in [0.25, 0.3) is 0 Å². The maximum Gasteiger partial charge on any atom is 0.407 e. The molecule has 3 atom stereocenters. The van der Waals surface area contributed by atoms with Crippen LogP contribution in [0.4, 0.5) is 4.79 Å². The number of rotatable bonds is 4. The standard InChI is InChI=1S/C21H25NO4/c1-14-7-6-10-18(15(14)2)26-19-11-12-22(21(24)25)17(20(19)23)13-16-8-4-3-5-9-16/h3-10,17,19-20,23H,11-13H2,1-2H3,(H,24,25). The van der Waals surface area contributed by atoms with Gasteiger partial charge >= 0.3 is 6.09 Å². The van der Waals surface area contributed by atoms with E-state index in [9.17, 15) is 15.0 Å². The van der Waals surface area contributed by atoms with Crippen LogP contribution in [0.2, 0.25) is 0 Å². The van der Waals surface area contributed by atoms with Gasteiger partial charge in [0.05, 0.1) is 6.04 Å². The Bertz CT molecular complexity index is 762. The number of nitrogens with zero attached hydrogens (tertiary/aromatic N) is 1. The van der Waals surface area contributed by atoms with Crippen LogP contribution in [0.1, 0.15) is 23.1 Å². The molecule has 1 heterocycles. The molecule has 0 aliphatic carbocycles. The molecule has 0 spiro atoms. The maximum atomic E-state index is 11.6. The van der Waals surface area contributed by atoms with E-state index in [-0.39, 0.29) is 0 Å². The summed E-state index contributed by atoms with van der Waals surface area (Å²) in [5.41, 5.74) is 3.16. The summed E-state index contributed by atoms with van der Waals surface area (Å²) in [6.07, 6.45) is -1.40. The molecule has 1 fully saturated rings. The predicted molar refractivity (Wildman–Crippen MR) is 99.6 cm³/mol. The molecule has 0 radical (unpaired) electrons. The van der Waals surface area contributed by atoms with Gasteiger partial charge in [0.2, 0.25) is 0 Å². The van der Waals surface area contributed by atoms with Gasteiger partial charge in [-0.1, -0.05) is 42.5 Å². The first-order chi connectivity index (χ1) is 12.5. The second kappa shape index (κ2) is 7.79. The molecule has 1 aliphatic heterocycles. The van der Waals surface area contributed by atoms with Crippen molar-refractivity contribution in [3.63, 3.8) is 0 Å².